The van der Waals surface area contributed by atoms with E-state index in [9.17, 15) is 0 Å². The van der Waals surface area contributed by atoms with E-state index in [1.54, 1.807) is 21.3 Å². The molecule has 130 valence electrons. The summed E-state index contributed by atoms with van der Waals surface area (Å²) in [5.74, 6) is 0. The molecule has 21 heavy (non-hydrogen) atoms. The van der Waals surface area contributed by atoms with Crippen LogP contribution in [0.5, 0.6) is 0 Å². The number of nitrogens with zero attached hydrogens (tertiary/aromatic N) is 1. The fraction of sp³-hybridized carbons (Fsp3) is 1.00. The summed E-state index contributed by atoms with van der Waals surface area (Å²) in [5.41, 5.74) is 0. The van der Waals surface area contributed by atoms with Gasteiger partial charge in [0.15, 0.2) is 0 Å². The Balaban J connectivity index is 0. The predicted octanol–water partition coefficient (Wildman–Crippen LogP) is 0.305. The predicted molar refractivity (Wildman–Crippen MR) is 86.8 cm³/mol. The Morgan fingerprint density at radius 2 is 1.10 bits per heavy atom. The summed E-state index contributed by atoms with van der Waals surface area (Å²) in [6.07, 6.45) is 4.87. The first-order valence-electron chi connectivity index (χ1n) is 8.08. The van der Waals surface area contributed by atoms with Crippen LogP contribution < -0.4 is 12.4 Å². The molecule has 0 aromatic heterocycles. The van der Waals surface area contributed by atoms with Gasteiger partial charge in [0.25, 0.3) is 0 Å². The van der Waals surface area contributed by atoms with Crippen molar-refractivity contribution in [3.8, 4) is 0 Å². The lowest BCUT2D eigenvalue weighted by atomic mass is 10.2. The van der Waals surface area contributed by atoms with Gasteiger partial charge in [0, 0.05) is 33.8 Å². The van der Waals surface area contributed by atoms with E-state index >= 15 is 0 Å². The molecule has 0 N–H and O–H groups in total. The van der Waals surface area contributed by atoms with Gasteiger partial charge in [-0.05, 0) is 19.3 Å². The zero-order chi connectivity index (χ0) is 15.5. The summed E-state index contributed by atoms with van der Waals surface area (Å²) in [6.45, 7) is 11.9. The third kappa shape index (κ3) is 7.95. The highest BCUT2D eigenvalue weighted by Crippen LogP contribution is 2.19. The molecular weight excluding hydrogens is 306 g/mol. The number of rotatable bonds is 13. The standard InChI is InChI=1S/C15H36NO3Si.ClH/c1-7-11-16(12-8-2,13-9-3)14-10-15-20(17-4,18-5)19-6;/h7-15H2,1-6H3;1H/q+1;/p-1. The van der Waals surface area contributed by atoms with E-state index in [0.717, 1.165) is 12.5 Å². The van der Waals surface area contributed by atoms with Crippen LogP contribution in [0.2, 0.25) is 6.04 Å². The normalized spacial score (nSPS) is 12.3. The summed E-state index contributed by atoms with van der Waals surface area (Å²) in [5, 5.41) is 0. The molecule has 0 unspecified atom stereocenters. The average molecular weight is 342 g/mol. The van der Waals surface area contributed by atoms with Crippen molar-refractivity contribution in [2.45, 2.75) is 52.5 Å². The van der Waals surface area contributed by atoms with E-state index in [-0.39, 0.29) is 12.4 Å². The quantitative estimate of drug-likeness (QED) is 0.356. The first-order valence-corrected chi connectivity index (χ1v) is 10.0. The molecule has 4 nitrogen and oxygen atoms in total. The molecule has 0 spiro atoms. The Kier molecular flexibility index (Phi) is 14.4. The third-order valence-electron chi connectivity index (χ3n) is 4.14. The molecule has 0 bridgehead atoms. The molecule has 0 heterocycles. The van der Waals surface area contributed by atoms with Crippen LogP contribution in [0.4, 0.5) is 0 Å². The summed E-state index contributed by atoms with van der Waals surface area (Å²) < 4.78 is 17.8. The number of quaternary nitrogens is 1. The van der Waals surface area contributed by atoms with Crippen LogP contribution in [0.15, 0.2) is 0 Å². The van der Waals surface area contributed by atoms with E-state index in [0.29, 0.717) is 0 Å². The van der Waals surface area contributed by atoms with Crippen molar-refractivity contribution in [3.05, 3.63) is 0 Å². The molecule has 0 saturated carbocycles. The molecule has 0 rings (SSSR count). The second-order valence-electron chi connectivity index (χ2n) is 5.64. The largest absolute Gasteiger partial charge is 1.00 e. The number of halogens is 1. The summed E-state index contributed by atoms with van der Waals surface area (Å²) in [4.78, 5) is 0. The fourth-order valence-electron chi connectivity index (χ4n) is 3.28. The van der Waals surface area contributed by atoms with Crippen molar-refractivity contribution in [2.24, 2.45) is 0 Å². The third-order valence-corrected chi connectivity index (χ3v) is 6.97. The van der Waals surface area contributed by atoms with E-state index in [2.05, 4.69) is 20.8 Å². The lowest BCUT2D eigenvalue weighted by molar-refractivity contribution is -0.928. The van der Waals surface area contributed by atoms with Gasteiger partial charge in [-0.3, -0.25) is 0 Å². The second-order valence-corrected chi connectivity index (χ2v) is 8.73. The first-order chi connectivity index (χ1) is 9.57. The van der Waals surface area contributed by atoms with Crippen molar-refractivity contribution in [3.63, 3.8) is 0 Å². The summed E-state index contributed by atoms with van der Waals surface area (Å²) in [6, 6.07) is 0.910. The maximum atomic E-state index is 5.52. The Hall–Kier alpha value is 0.347. The Morgan fingerprint density at radius 1 is 0.714 bits per heavy atom. The zero-order valence-electron chi connectivity index (χ0n) is 14.9. The Labute approximate surface area is 139 Å². The minimum absolute atomic E-state index is 0. The van der Waals surface area contributed by atoms with Crippen LogP contribution in [0, 0.1) is 0 Å². The Morgan fingerprint density at radius 3 is 1.38 bits per heavy atom. The van der Waals surface area contributed by atoms with Crippen LogP contribution >= 0.6 is 0 Å². The van der Waals surface area contributed by atoms with Crippen molar-refractivity contribution >= 4 is 8.80 Å². The van der Waals surface area contributed by atoms with Gasteiger partial charge < -0.3 is 30.2 Å². The minimum atomic E-state index is -2.40. The monoisotopic (exact) mass is 341 g/mol. The van der Waals surface area contributed by atoms with E-state index in [1.807, 2.05) is 0 Å². The van der Waals surface area contributed by atoms with E-state index in [1.165, 1.54) is 49.9 Å². The molecule has 0 aromatic carbocycles. The molecular formula is C15H36ClNO3Si. The van der Waals surface area contributed by atoms with Gasteiger partial charge in [0.1, 0.15) is 0 Å². The summed E-state index contributed by atoms with van der Waals surface area (Å²) in [7, 11) is 2.70. The van der Waals surface area contributed by atoms with E-state index in [4.69, 9.17) is 13.3 Å². The maximum absolute atomic E-state index is 5.52. The molecule has 0 radical (unpaired) electrons. The molecule has 0 aliphatic heterocycles. The molecule has 0 atom stereocenters. The molecule has 0 saturated heterocycles. The lowest BCUT2D eigenvalue weighted by Gasteiger charge is -2.39. The van der Waals surface area contributed by atoms with Gasteiger partial charge in [0.2, 0.25) is 0 Å². The maximum Gasteiger partial charge on any atom is 0.500 e. The van der Waals surface area contributed by atoms with Gasteiger partial charge in [0.05, 0.1) is 26.2 Å². The van der Waals surface area contributed by atoms with E-state index < -0.39 is 8.80 Å². The molecule has 0 aromatic rings. The van der Waals surface area contributed by atoms with Gasteiger partial charge in [-0.1, -0.05) is 20.8 Å². The van der Waals surface area contributed by atoms with Gasteiger partial charge in [-0.25, -0.2) is 0 Å². The molecule has 0 aliphatic carbocycles. The highest BCUT2D eigenvalue weighted by atomic mass is 35.5. The summed E-state index contributed by atoms with van der Waals surface area (Å²) >= 11 is 0. The SMILES string of the molecule is CCC[N+](CCC)(CCC)CCC[Si](OC)(OC)OC.[Cl-]. The van der Waals surface area contributed by atoms with Crippen LogP contribution in [-0.2, 0) is 13.3 Å². The molecule has 6 heteroatoms. The van der Waals surface area contributed by atoms with Crippen LogP contribution in [0.3, 0.4) is 0 Å². The van der Waals surface area contributed by atoms with Gasteiger partial charge >= 0.3 is 8.80 Å². The smallest absolute Gasteiger partial charge is 0.500 e. The van der Waals surface area contributed by atoms with Crippen molar-refractivity contribution in [2.75, 3.05) is 47.5 Å². The topological polar surface area (TPSA) is 27.7 Å². The van der Waals surface area contributed by atoms with Crippen molar-refractivity contribution < 1.29 is 30.2 Å². The second kappa shape index (κ2) is 12.8. The fourth-order valence-corrected chi connectivity index (χ4v) is 4.98. The van der Waals surface area contributed by atoms with Crippen LogP contribution in [0.1, 0.15) is 46.5 Å². The van der Waals surface area contributed by atoms with Crippen LogP contribution in [-0.4, -0.2) is 60.8 Å². The molecule has 0 fully saturated rings. The van der Waals surface area contributed by atoms with Crippen molar-refractivity contribution in [1.29, 1.82) is 0 Å². The average Bonchev–Trinajstić information content (AvgIpc) is 2.45. The zero-order valence-corrected chi connectivity index (χ0v) is 16.7. The van der Waals surface area contributed by atoms with Gasteiger partial charge in [-0.15, -0.1) is 0 Å². The van der Waals surface area contributed by atoms with Crippen molar-refractivity contribution in [1.82, 2.24) is 0 Å². The van der Waals surface area contributed by atoms with Crippen LogP contribution in [0.25, 0.3) is 0 Å². The lowest BCUT2D eigenvalue weighted by Crippen LogP contribution is -3.00. The highest BCUT2D eigenvalue weighted by Gasteiger charge is 2.38. The molecule has 0 aliphatic rings. The minimum Gasteiger partial charge on any atom is -1.00 e. The Bertz CT molecular complexity index is 216. The first kappa shape index (κ1) is 23.6. The number of hydrogen-bond donors (Lipinski definition) is 0. The highest BCUT2D eigenvalue weighted by molar-refractivity contribution is 6.60. The number of hydrogen-bond acceptors (Lipinski definition) is 3. The molecule has 0 amide bonds. The van der Waals surface area contributed by atoms with Gasteiger partial charge in [-0.2, -0.15) is 0 Å².